The highest BCUT2D eigenvalue weighted by atomic mass is 16.6. The molecule has 1 aromatic heterocycles. The Labute approximate surface area is 258 Å². The van der Waals surface area contributed by atoms with Crippen LogP contribution in [0.25, 0.3) is 11.1 Å². The van der Waals surface area contributed by atoms with Gasteiger partial charge in [-0.3, -0.25) is 5.32 Å². The first kappa shape index (κ1) is 31.2. The van der Waals surface area contributed by atoms with Crippen LogP contribution in [0.15, 0.2) is 60.7 Å². The first-order chi connectivity index (χ1) is 21.3. The molecular formula is C34H42N5O5+. The average molecular weight is 601 g/mol. The molecule has 2 fully saturated rings. The smallest absolute Gasteiger partial charge is 0.410 e. The molecule has 0 spiro atoms. The van der Waals surface area contributed by atoms with Crippen LogP contribution in [-0.2, 0) is 20.8 Å². The number of esters is 1. The number of hydrogen-bond donors (Lipinski definition) is 2. The summed E-state index contributed by atoms with van der Waals surface area (Å²) < 4.78 is 16.4. The number of carbonyl (C=O) groups excluding carboxylic acids is 2. The average Bonchev–Trinajstić information content (AvgIpc) is 3.52. The minimum Gasteiger partial charge on any atom is -0.461 e. The lowest BCUT2D eigenvalue weighted by molar-refractivity contribution is -0.610. The number of pyridine rings is 1. The molecule has 0 aliphatic carbocycles. The van der Waals surface area contributed by atoms with E-state index in [9.17, 15) is 9.59 Å². The molecule has 2 aliphatic heterocycles. The Morgan fingerprint density at radius 1 is 1.05 bits per heavy atom. The summed E-state index contributed by atoms with van der Waals surface area (Å²) in [6.07, 6.45) is 0.373. The number of rotatable bonds is 10. The number of nitrogens with zero attached hydrogens (tertiary/aromatic N) is 3. The minimum atomic E-state index is -0.506. The van der Waals surface area contributed by atoms with E-state index < -0.39 is 5.97 Å². The second-order valence-corrected chi connectivity index (χ2v) is 11.5. The Bertz CT molecular complexity index is 1450. The van der Waals surface area contributed by atoms with Crippen molar-refractivity contribution >= 4 is 29.3 Å². The predicted molar refractivity (Wildman–Crippen MR) is 169 cm³/mol. The van der Waals surface area contributed by atoms with Gasteiger partial charge in [0.2, 0.25) is 5.82 Å². The number of hydrogen-bond acceptors (Lipinski definition) is 8. The molecule has 232 valence electrons. The number of aromatic nitrogens is 1. The lowest BCUT2D eigenvalue weighted by Crippen LogP contribution is -2.86. The summed E-state index contributed by atoms with van der Waals surface area (Å²) in [7, 11) is 0. The molecule has 3 heterocycles. The third-order valence-corrected chi connectivity index (χ3v) is 8.01. The number of ether oxygens (including phenoxy) is 3. The zero-order valence-electron chi connectivity index (χ0n) is 25.8. The van der Waals surface area contributed by atoms with Crippen LogP contribution < -0.4 is 10.2 Å². The van der Waals surface area contributed by atoms with Crippen molar-refractivity contribution in [1.82, 2.24) is 9.88 Å². The van der Waals surface area contributed by atoms with Crippen LogP contribution in [0.1, 0.15) is 48.8 Å². The van der Waals surface area contributed by atoms with Gasteiger partial charge in [0, 0.05) is 43.0 Å². The highest BCUT2D eigenvalue weighted by molar-refractivity contribution is 6.08. The standard InChI is InChI=1S/C34H41N5O5/c1-4-43-33(40)29-20-28(25-10-12-27(13-11-25)38-16-18-42-19-17-38)30(31(35)23(2)3)32(37-29)36-26-14-15-39(21-26)34(41)44-22-24-8-6-5-7-9-24/h5-13,20,23,26,35H,4,14-19,21-22H2,1-3H3,(H,36,37)/p+1. The van der Waals surface area contributed by atoms with Crippen molar-refractivity contribution in [2.45, 2.75) is 39.8 Å². The zero-order valence-corrected chi connectivity index (χ0v) is 25.8. The van der Waals surface area contributed by atoms with Gasteiger partial charge < -0.3 is 29.4 Å². The van der Waals surface area contributed by atoms with E-state index in [1.165, 1.54) is 0 Å². The summed E-state index contributed by atoms with van der Waals surface area (Å²) in [5.74, 6) is -0.0173. The molecular weight excluding hydrogens is 558 g/mol. The van der Waals surface area contributed by atoms with E-state index in [0.29, 0.717) is 43.4 Å². The van der Waals surface area contributed by atoms with Crippen LogP contribution in [-0.4, -0.2) is 79.7 Å². The Balaban J connectivity index is 1.42. The number of benzene rings is 2. The van der Waals surface area contributed by atoms with Crippen molar-refractivity contribution < 1.29 is 29.1 Å². The Morgan fingerprint density at radius 3 is 2.45 bits per heavy atom. The zero-order chi connectivity index (χ0) is 31.1. The summed E-state index contributed by atoms with van der Waals surface area (Å²) in [5, 5.41) is 11.1. The molecule has 2 aromatic carbocycles. The number of likely N-dealkylation sites (tertiary alicyclic amines) is 1. The molecule has 2 saturated heterocycles. The van der Waals surface area contributed by atoms with E-state index in [-0.39, 0.29) is 37.0 Å². The van der Waals surface area contributed by atoms with Gasteiger partial charge in [0.05, 0.1) is 31.9 Å². The minimum absolute atomic E-state index is 0.0144. The number of nitrogens with one attached hydrogen (secondary N) is 1. The number of nitrogens with two attached hydrogens (primary N) is 1. The number of amides is 1. The van der Waals surface area contributed by atoms with Gasteiger partial charge in [0.25, 0.3) is 0 Å². The van der Waals surface area contributed by atoms with Gasteiger partial charge in [-0.1, -0.05) is 56.3 Å². The van der Waals surface area contributed by atoms with Gasteiger partial charge in [0.1, 0.15) is 12.6 Å². The normalized spacial score (nSPS) is 16.7. The lowest BCUT2D eigenvalue weighted by atomic mass is 9.91. The number of quaternary nitrogens is 1. The van der Waals surface area contributed by atoms with Crippen molar-refractivity contribution in [2.24, 2.45) is 5.92 Å². The summed E-state index contributed by atoms with van der Waals surface area (Å²) in [6, 6.07) is 19.6. The largest absolute Gasteiger partial charge is 0.461 e. The predicted octanol–water partition coefficient (Wildman–Crippen LogP) is 4.39. The first-order valence-electron chi connectivity index (χ1n) is 15.4. The third kappa shape index (κ3) is 7.43. The molecule has 5 rings (SSSR count). The number of anilines is 1. The molecule has 2 aliphatic rings. The molecule has 1 atom stereocenters. The van der Waals surface area contributed by atoms with E-state index in [0.717, 1.165) is 41.9 Å². The van der Waals surface area contributed by atoms with Crippen LogP contribution in [0.4, 0.5) is 16.3 Å². The Morgan fingerprint density at radius 2 is 1.77 bits per heavy atom. The molecule has 0 bridgehead atoms. The van der Waals surface area contributed by atoms with E-state index >= 15 is 0 Å². The van der Waals surface area contributed by atoms with Crippen LogP contribution >= 0.6 is 0 Å². The van der Waals surface area contributed by atoms with Crippen molar-refractivity contribution in [3.63, 3.8) is 0 Å². The topological polar surface area (TPSA) is 122 Å². The SMILES string of the molecule is CCOC(=O)c1cc(-c2ccc(N3CCOCC3)cc2)c(C(=N)C(C)C)c([NH2+]C2CCN(C(=O)OCc3ccccc3)C2)n1. The summed E-state index contributed by atoms with van der Waals surface area (Å²) >= 11 is 0. The number of morpholine rings is 1. The van der Waals surface area contributed by atoms with Crippen molar-refractivity contribution in [3.05, 3.63) is 77.5 Å². The van der Waals surface area contributed by atoms with Gasteiger partial charge in [-0.15, -0.1) is 0 Å². The second kappa shape index (κ2) is 14.5. The van der Waals surface area contributed by atoms with Gasteiger partial charge in [-0.25, -0.2) is 9.59 Å². The molecule has 10 heteroatoms. The van der Waals surface area contributed by atoms with E-state index in [4.69, 9.17) is 24.6 Å². The van der Waals surface area contributed by atoms with E-state index in [1.807, 2.05) is 61.6 Å². The Kier molecular flexibility index (Phi) is 10.2. The van der Waals surface area contributed by atoms with Gasteiger partial charge in [0.15, 0.2) is 5.69 Å². The molecule has 3 N–H and O–H groups in total. The maximum Gasteiger partial charge on any atom is 0.410 e. The molecule has 1 unspecified atom stereocenters. The second-order valence-electron chi connectivity index (χ2n) is 11.5. The highest BCUT2D eigenvalue weighted by Gasteiger charge is 2.33. The fourth-order valence-electron chi connectivity index (χ4n) is 5.59. The first-order valence-corrected chi connectivity index (χ1v) is 15.4. The van der Waals surface area contributed by atoms with E-state index in [1.54, 1.807) is 17.9 Å². The highest BCUT2D eigenvalue weighted by Crippen LogP contribution is 2.32. The summed E-state index contributed by atoms with van der Waals surface area (Å²) in [4.78, 5) is 34.6. The Hall–Kier alpha value is -4.28. The van der Waals surface area contributed by atoms with Crippen molar-refractivity contribution in [3.8, 4) is 11.1 Å². The van der Waals surface area contributed by atoms with Gasteiger partial charge >= 0.3 is 12.1 Å². The maximum absolute atomic E-state index is 13.0. The van der Waals surface area contributed by atoms with Gasteiger partial charge in [-0.05, 0) is 42.2 Å². The molecule has 0 saturated carbocycles. The number of carbonyl (C=O) groups is 2. The summed E-state index contributed by atoms with van der Waals surface area (Å²) in [6.45, 7) is 10.3. The molecule has 1 amide bonds. The van der Waals surface area contributed by atoms with Crippen molar-refractivity contribution in [1.29, 1.82) is 5.41 Å². The van der Waals surface area contributed by atoms with Crippen LogP contribution in [0.3, 0.4) is 0 Å². The fourth-order valence-corrected chi connectivity index (χ4v) is 5.59. The van der Waals surface area contributed by atoms with Crippen LogP contribution in [0, 0.1) is 11.3 Å². The molecule has 3 aromatic rings. The quantitative estimate of drug-likeness (QED) is 0.262. The van der Waals surface area contributed by atoms with Crippen LogP contribution in [0.2, 0.25) is 0 Å². The molecule has 0 radical (unpaired) electrons. The lowest BCUT2D eigenvalue weighted by Gasteiger charge is -2.29. The van der Waals surface area contributed by atoms with Gasteiger partial charge in [-0.2, -0.15) is 4.98 Å². The van der Waals surface area contributed by atoms with Crippen LogP contribution in [0.5, 0.6) is 0 Å². The molecule has 44 heavy (non-hydrogen) atoms. The van der Waals surface area contributed by atoms with Crippen molar-refractivity contribution in [2.75, 3.05) is 50.9 Å². The molecule has 10 nitrogen and oxygen atoms in total. The monoisotopic (exact) mass is 600 g/mol. The maximum atomic E-state index is 13.0. The third-order valence-electron chi connectivity index (χ3n) is 8.01. The fraction of sp³-hybridized carbons (Fsp3) is 0.412. The summed E-state index contributed by atoms with van der Waals surface area (Å²) in [5.41, 5.74) is 5.02. The van der Waals surface area contributed by atoms with E-state index in [2.05, 4.69) is 17.0 Å².